The number of hydrogen-bond acceptors (Lipinski definition) is 8. The molecule has 0 bridgehead atoms. The van der Waals surface area contributed by atoms with Crippen LogP contribution >= 0.6 is 0 Å². The van der Waals surface area contributed by atoms with Crippen molar-refractivity contribution in [2.45, 2.75) is 6.42 Å². The molecule has 0 amide bonds. The summed E-state index contributed by atoms with van der Waals surface area (Å²) in [6.07, 6.45) is -0.437. The van der Waals surface area contributed by atoms with Gasteiger partial charge in [0.05, 0.1) is 32.7 Å². The maximum absolute atomic E-state index is 12.0. The van der Waals surface area contributed by atoms with Gasteiger partial charge in [-0.1, -0.05) is 0 Å². The molecule has 22 heavy (non-hydrogen) atoms. The Kier molecular flexibility index (Phi) is 5.56. The van der Waals surface area contributed by atoms with Crippen molar-refractivity contribution in [2.75, 3.05) is 21.3 Å². The number of carbonyl (C=O) groups is 5. The van der Waals surface area contributed by atoms with Crippen LogP contribution in [-0.2, 0) is 19.0 Å². The minimum absolute atomic E-state index is 0.244. The van der Waals surface area contributed by atoms with E-state index in [9.17, 15) is 24.0 Å². The first-order valence-electron chi connectivity index (χ1n) is 5.89. The van der Waals surface area contributed by atoms with E-state index in [1.54, 1.807) is 0 Å². The molecule has 0 atom stereocenters. The number of H-pyrrole nitrogens is 1. The molecule has 0 aromatic carbocycles. The summed E-state index contributed by atoms with van der Waals surface area (Å²) in [6.45, 7) is 0. The largest absolute Gasteiger partial charge is 0.469 e. The average molecular weight is 311 g/mol. The van der Waals surface area contributed by atoms with Crippen molar-refractivity contribution >= 4 is 30.0 Å². The van der Waals surface area contributed by atoms with Gasteiger partial charge in [0.2, 0.25) is 0 Å². The molecule has 0 unspecified atom stereocenters. The molecule has 0 fully saturated rings. The van der Waals surface area contributed by atoms with Crippen molar-refractivity contribution in [3.8, 4) is 0 Å². The average Bonchev–Trinajstić information content (AvgIpc) is 2.92. The van der Waals surface area contributed by atoms with Crippen LogP contribution in [0.25, 0.3) is 0 Å². The predicted octanol–water partition coefficient (Wildman–Crippen LogP) is 0.146. The third kappa shape index (κ3) is 3.19. The predicted molar refractivity (Wildman–Crippen MR) is 69.8 cm³/mol. The molecule has 1 rings (SSSR count). The Morgan fingerprint density at radius 2 is 1.50 bits per heavy atom. The molecule has 0 spiro atoms. The summed E-state index contributed by atoms with van der Waals surface area (Å²) < 4.78 is 13.3. The smallest absolute Gasteiger partial charge is 0.341 e. The van der Waals surface area contributed by atoms with Crippen LogP contribution in [-0.4, -0.2) is 56.3 Å². The molecule has 0 aliphatic carbocycles. The summed E-state index contributed by atoms with van der Waals surface area (Å²) >= 11 is 0. The SMILES string of the molecule is COC(=O)CC(=O)c1[nH]c(C=O)c(C(=O)OC)c1C(=O)OC. The molecule has 9 nitrogen and oxygen atoms in total. The highest BCUT2D eigenvalue weighted by atomic mass is 16.5. The van der Waals surface area contributed by atoms with Crippen LogP contribution in [0.15, 0.2) is 0 Å². The van der Waals surface area contributed by atoms with Crippen molar-refractivity contribution in [1.82, 2.24) is 4.98 Å². The zero-order valence-electron chi connectivity index (χ0n) is 12.1. The molecule has 1 aromatic rings. The lowest BCUT2D eigenvalue weighted by Crippen LogP contribution is -2.16. The van der Waals surface area contributed by atoms with Crippen LogP contribution in [0.5, 0.6) is 0 Å². The van der Waals surface area contributed by atoms with Crippen LogP contribution in [0.2, 0.25) is 0 Å². The number of ketones is 1. The van der Waals surface area contributed by atoms with E-state index < -0.39 is 46.9 Å². The summed E-state index contributed by atoms with van der Waals surface area (Å²) in [5.41, 5.74) is -1.64. The normalized spacial score (nSPS) is 9.77. The van der Waals surface area contributed by atoms with E-state index in [-0.39, 0.29) is 12.0 Å². The van der Waals surface area contributed by atoms with E-state index in [2.05, 4.69) is 19.2 Å². The molecule has 0 aliphatic heterocycles. The summed E-state index contributed by atoms with van der Waals surface area (Å²) in [6, 6.07) is 0. The van der Waals surface area contributed by atoms with E-state index in [0.717, 1.165) is 21.3 Å². The molecule has 9 heteroatoms. The lowest BCUT2D eigenvalue weighted by molar-refractivity contribution is -0.139. The molecular weight excluding hydrogens is 298 g/mol. The summed E-state index contributed by atoms with van der Waals surface area (Å²) in [5, 5.41) is 0. The zero-order chi connectivity index (χ0) is 16.9. The second-order valence-corrected chi connectivity index (χ2v) is 3.94. The number of methoxy groups -OCH3 is 3. The van der Waals surface area contributed by atoms with Crippen LogP contribution in [0.3, 0.4) is 0 Å². The fourth-order valence-corrected chi connectivity index (χ4v) is 1.73. The number of rotatable bonds is 6. The second-order valence-electron chi connectivity index (χ2n) is 3.94. The Balaban J connectivity index is 3.50. The van der Waals surface area contributed by atoms with Gasteiger partial charge in [-0.3, -0.25) is 14.4 Å². The van der Waals surface area contributed by atoms with Gasteiger partial charge in [0, 0.05) is 0 Å². The molecular formula is C13H13NO8. The highest BCUT2D eigenvalue weighted by Crippen LogP contribution is 2.22. The van der Waals surface area contributed by atoms with E-state index >= 15 is 0 Å². The lowest BCUT2D eigenvalue weighted by Gasteiger charge is -2.04. The van der Waals surface area contributed by atoms with Gasteiger partial charge in [-0.25, -0.2) is 9.59 Å². The summed E-state index contributed by atoms with van der Waals surface area (Å²) in [5.74, 6) is -3.72. The highest BCUT2D eigenvalue weighted by molar-refractivity contribution is 6.16. The van der Waals surface area contributed by atoms with Crippen molar-refractivity contribution in [1.29, 1.82) is 0 Å². The van der Waals surface area contributed by atoms with E-state index in [1.807, 2.05) is 0 Å². The van der Waals surface area contributed by atoms with Gasteiger partial charge in [-0.2, -0.15) is 0 Å². The fraction of sp³-hybridized carbons (Fsp3) is 0.308. The Morgan fingerprint density at radius 3 is 1.95 bits per heavy atom. The fourth-order valence-electron chi connectivity index (χ4n) is 1.73. The molecule has 118 valence electrons. The first kappa shape index (κ1) is 17.1. The van der Waals surface area contributed by atoms with Crippen LogP contribution in [0.1, 0.15) is 48.1 Å². The van der Waals surface area contributed by atoms with Crippen molar-refractivity contribution < 1.29 is 38.2 Å². The van der Waals surface area contributed by atoms with E-state index in [1.165, 1.54) is 0 Å². The van der Waals surface area contributed by atoms with Crippen LogP contribution < -0.4 is 0 Å². The minimum atomic E-state index is -1.03. The van der Waals surface area contributed by atoms with Gasteiger partial charge in [-0.15, -0.1) is 0 Å². The lowest BCUT2D eigenvalue weighted by atomic mass is 10.1. The first-order valence-corrected chi connectivity index (χ1v) is 5.89. The number of carbonyl (C=O) groups excluding carboxylic acids is 5. The summed E-state index contributed by atoms with van der Waals surface area (Å²) in [7, 11) is 3.16. The van der Waals surface area contributed by atoms with Crippen LogP contribution in [0.4, 0.5) is 0 Å². The quantitative estimate of drug-likeness (QED) is 0.258. The molecule has 1 N–H and O–H groups in total. The molecule has 0 saturated carbocycles. The Bertz CT molecular complexity index is 643. The van der Waals surface area contributed by atoms with Gasteiger partial charge in [-0.05, 0) is 0 Å². The standard InChI is InChI=1S/C13H13NO8/c1-20-8(17)4-7(16)11-10(13(19)22-3)9(12(18)21-2)6(5-15)14-11/h5,14H,4H2,1-3H3. The zero-order valence-corrected chi connectivity index (χ0v) is 12.1. The number of ether oxygens (including phenoxy) is 3. The number of nitrogens with one attached hydrogen (secondary N) is 1. The number of Topliss-reactive ketones (excluding diaryl/α,β-unsaturated/α-hetero) is 1. The topological polar surface area (TPSA) is 129 Å². The van der Waals surface area contributed by atoms with Gasteiger partial charge in [0.25, 0.3) is 0 Å². The summed E-state index contributed by atoms with van der Waals surface area (Å²) in [4.78, 5) is 60.1. The molecule has 0 saturated heterocycles. The van der Waals surface area contributed by atoms with Gasteiger partial charge >= 0.3 is 17.9 Å². The van der Waals surface area contributed by atoms with E-state index in [0.29, 0.717) is 0 Å². The van der Waals surface area contributed by atoms with Crippen LogP contribution in [0, 0.1) is 0 Å². The van der Waals surface area contributed by atoms with E-state index in [4.69, 9.17) is 0 Å². The minimum Gasteiger partial charge on any atom is -0.469 e. The monoisotopic (exact) mass is 311 g/mol. The van der Waals surface area contributed by atoms with Crippen molar-refractivity contribution in [3.63, 3.8) is 0 Å². The van der Waals surface area contributed by atoms with Crippen molar-refractivity contribution in [2.24, 2.45) is 0 Å². The molecule has 1 aromatic heterocycles. The molecule has 1 heterocycles. The maximum Gasteiger partial charge on any atom is 0.341 e. The number of aromatic nitrogens is 1. The number of aromatic amines is 1. The van der Waals surface area contributed by atoms with Gasteiger partial charge in [0.1, 0.15) is 17.5 Å². The third-order valence-corrected chi connectivity index (χ3v) is 2.74. The number of esters is 3. The molecule has 0 aliphatic rings. The molecule has 0 radical (unpaired) electrons. The Morgan fingerprint density at radius 1 is 0.955 bits per heavy atom. The van der Waals surface area contributed by atoms with Gasteiger partial charge < -0.3 is 19.2 Å². The van der Waals surface area contributed by atoms with Crippen molar-refractivity contribution in [3.05, 3.63) is 22.5 Å². The number of aldehydes is 1. The second kappa shape index (κ2) is 7.16. The Hall–Kier alpha value is -2.97. The highest BCUT2D eigenvalue weighted by Gasteiger charge is 2.32. The number of hydrogen-bond donors (Lipinski definition) is 1. The maximum atomic E-state index is 12.0. The first-order chi connectivity index (χ1) is 10.4. The Labute approximate surface area is 124 Å². The van der Waals surface area contributed by atoms with Gasteiger partial charge in [0.15, 0.2) is 12.1 Å². The third-order valence-electron chi connectivity index (χ3n) is 2.74.